The molecule has 0 aromatic carbocycles. The first-order chi connectivity index (χ1) is 6.85. The summed E-state index contributed by atoms with van der Waals surface area (Å²) in [7, 11) is 0. The number of nitrogens with zero attached hydrogens (tertiary/aromatic N) is 1. The van der Waals surface area contributed by atoms with E-state index in [4.69, 9.17) is 0 Å². The average Bonchev–Trinajstić information content (AvgIpc) is 2.21. The summed E-state index contributed by atoms with van der Waals surface area (Å²) in [5.74, 6) is 0. The van der Waals surface area contributed by atoms with E-state index in [0.29, 0.717) is 0 Å². The van der Waals surface area contributed by atoms with Crippen LogP contribution in [0, 0.1) is 0 Å². The average molecular weight is 213 g/mol. The normalized spacial score (nSPS) is 11.8. The van der Waals surface area contributed by atoms with Gasteiger partial charge in [0, 0.05) is 13.3 Å². The van der Waals surface area contributed by atoms with Gasteiger partial charge in [0.2, 0.25) is 0 Å². The molecule has 0 fully saturated rings. The molecule has 0 heterocycles. The second-order valence-corrected chi connectivity index (χ2v) is 3.75. The molecule has 90 valence electrons. The summed E-state index contributed by atoms with van der Waals surface area (Å²) in [4.78, 5) is 0. The van der Waals surface area contributed by atoms with Crippen molar-refractivity contribution in [2.75, 3.05) is 6.54 Å². The van der Waals surface area contributed by atoms with E-state index < -0.39 is 0 Å². The molecule has 0 saturated carbocycles. The van der Waals surface area contributed by atoms with Crippen LogP contribution in [-0.4, -0.2) is 17.3 Å². The van der Waals surface area contributed by atoms with Gasteiger partial charge in [0.05, 0.1) is 0 Å². The summed E-state index contributed by atoms with van der Waals surface area (Å²) < 4.78 is 2.26. The summed E-state index contributed by atoms with van der Waals surface area (Å²) >= 11 is 0. The highest BCUT2D eigenvalue weighted by Crippen LogP contribution is 2.04. The van der Waals surface area contributed by atoms with Gasteiger partial charge in [-0.3, -0.25) is 0 Å². The molecule has 0 bridgehead atoms. The molecule has 2 heteroatoms. The van der Waals surface area contributed by atoms with Gasteiger partial charge in [0.15, 0.2) is 6.20 Å². The molecule has 0 aromatic heterocycles. The van der Waals surface area contributed by atoms with Crippen molar-refractivity contribution >= 4 is 6.21 Å². The van der Waals surface area contributed by atoms with E-state index in [2.05, 4.69) is 43.8 Å². The van der Waals surface area contributed by atoms with Crippen molar-refractivity contribution in [2.24, 2.45) is 0 Å². The Balaban J connectivity index is 0. The molecule has 0 amide bonds. The summed E-state index contributed by atoms with van der Waals surface area (Å²) in [6.07, 6.45) is 14.6. The largest absolute Gasteiger partial charge is 0.344 e. The minimum atomic E-state index is 0. The van der Waals surface area contributed by atoms with Gasteiger partial charge in [0.1, 0.15) is 12.8 Å². The van der Waals surface area contributed by atoms with Crippen molar-refractivity contribution in [1.29, 1.82) is 0 Å². The van der Waals surface area contributed by atoms with Crippen molar-refractivity contribution < 1.29 is 4.58 Å². The maximum Gasteiger partial charge on any atom is 0.164 e. The predicted molar refractivity (Wildman–Crippen MR) is 70.1 cm³/mol. The third-order valence-electron chi connectivity index (χ3n) is 2.44. The zero-order valence-corrected chi connectivity index (χ0v) is 10.8. The van der Waals surface area contributed by atoms with Crippen LogP contribution in [0.5, 0.6) is 0 Å². The first-order valence-electron chi connectivity index (χ1n) is 6.03. The summed E-state index contributed by atoms with van der Waals surface area (Å²) in [6.45, 7) is 7.60. The highest BCUT2D eigenvalue weighted by atomic mass is 15.0. The lowest BCUT2D eigenvalue weighted by Gasteiger charge is -1.98. The summed E-state index contributed by atoms with van der Waals surface area (Å²) in [5, 5.41) is 0. The van der Waals surface area contributed by atoms with Gasteiger partial charge in [-0.25, -0.2) is 4.58 Å². The quantitative estimate of drug-likeness (QED) is 0.367. The van der Waals surface area contributed by atoms with Crippen molar-refractivity contribution in [1.82, 2.24) is 6.15 Å². The van der Waals surface area contributed by atoms with Crippen LogP contribution in [0.15, 0.2) is 12.3 Å². The molecule has 15 heavy (non-hydrogen) atoms. The van der Waals surface area contributed by atoms with Gasteiger partial charge in [0.25, 0.3) is 0 Å². The minimum Gasteiger partial charge on any atom is -0.344 e. The second kappa shape index (κ2) is 13.4. The first-order valence-corrected chi connectivity index (χ1v) is 6.03. The second-order valence-electron chi connectivity index (χ2n) is 3.75. The van der Waals surface area contributed by atoms with Crippen LogP contribution in [-0.2, 0) is 0 Å². The van der Waals surface area contributed by atoms with Crippen molar-refractivity contribution in [3.8, 4) is 0 Å². The lowest BCUT2D eigenvalue weighted by atomic mass is 10.1. The topological polar surface area (TPSA) is 38.0 Å². The first kappa shape index (κ1) is 16.8. The molecule has 0 radical (unpaired) electrons. The third-order valence-corrected chi connectivity index (χ3v) is 2.44. The molecule has 0 aliphatic heterocycles. The molecule has 0 aliphatic rings. The molecule has 0 saturated heterocycles. The lowest BCUT2D eigenvalue weighted by Crippen LogP contribution is -2.06. The smallest absolute Gasteiger partial charge is 0.164 e. The fourth-order valence-electron chi connectivity index (χ4n) is 1.56. The maximum absolute atomic E-state index is 2.26. The van der Waals surface area contributed by atoms with Crippen LogP contribution in [0.1, 0.15) is 59.3 Å². The summed E-state index contributed by atoms with van der Waals surface area (Å²) in [6, 6.07) is 0. The van der Waals surface area contributed by atoms with Crippen LogP contribution in [0.4, 0.5) is 0 Å². The Bertz CT molecular complexity index is 171. The zero-order valence-electron chi connectivity index (χ0n) is 10.8. The van der Waals surface area contributed by atoms with Crippen LogP contribution >= 0.6 is 0 Å². The van der Waals surface area contributed by atoms with Gasteiger partial charge in [-0.1, -0.05) is 32.6 Å². The van der Waals surface area contributed by atoms with E-state index in [1.165, 1.54) is 45.1 Å². The zero-order chi connectivity index (χ0) is 10.6. The molecule has 2 nitrogen and oxygen atoms in total. The molecule has 0 aromatic rings. The van der Waals surface area contributed by atoms with Crippen molar-refractivity contribution in [3.63, 3.8) is 0 Å². The summed E-state index contributed by atoms with van der Waals surface area (Å²) in [5.41, 5.74) is 0. The van der Waals surface area contributed by atoms with Crippen LogP contribution in [0.25, 0.3) is 0 Å². The highest BCUT2D eigenvalue weighted by Gasteiger charge is 1.97. The molecule has 0 unspecified atom stereocenters. The van der Waals surface area contributed by atoms with Crippen LogP contribution in [0.2, 0.25) is 0 Å². The predicted octanol–water partition coefficient (Wildman–Crippen LogP) is 4.15. The Hall–Kier alpha value is -0.630. The van der Waals surface area contributed by atoms with Gasteiger partial charge >= 0.3 is 0 Å². The SMILES string of the molecule is CC=[N+](/C=C\C)CCCCCCCC.N. The van der Waals surface area contributed by atoms with Crippen LogP contribution in [0.3, 0.4) is 0 Å². The number of rotatable bonds is 8. The molecule has 3 N–H and O–H groups in total. The van der Waals surface area contributed by atoms with Crippen LogP contribution < -0.4 is 6.15 Å². The third kappa shape index (κ3) is 11.3. The number of hydrogen-bond donors (Lipinski definition) is 1. The molecule has 0 spiro atoms. The Kier molecular flexibility index (Phi) is 15.0. The Morgan fingerprint density at radius 1 is 0.933 bits per heavy atom. The van der Waals surface area contributed by atoms with E-state index >= 15 is 0 Å². The standard InChI is InChI=1S/C13H26N.H3N/c1-4-7-8-9-10-11-13-14(6-3)12-5-2;/h5-6,12H,4,7-11,13H2,1-3H3;1H3/q+1;/b12-5-,14-6?;. The van der Waals surface area contributed by atoms with E-state index in [-0.39, 0.29) is 6.15 Å². The molecular formula is C13H29N2+. The molecule has 0 rings (SSSR count). The Morgan fingerprint density at radius 2 is 1.53 bits per heavy atom. The Morgan fingerprint density at radius 3 is 2.07 bits per heavy atom. The highest BCUT2D eigenvalue weighted by molar-refractivity contribution is 5.47. The molecule has 0 atom stereocenters. The Labute approximate surface area is 95.7 Å². The number of hydrogen-bond acceptors (Lipinski definition) is 1. The number of unbranched alkanes of at least 4 members (excludes halogenated alkanes) is 5. The van der Waals surface area contributed by atoms with E-state index in [1.807, 2.05) is 0 Å². The molecular weight excluding hydrogens is 184 g/mol. The van der Waals surface area contributed by atoms with Gasteiger partial charge < -0.3 is 6.15 Å². The van der Waals surface area contributed by atoms with Gasteiger partial charge in [-0.2, -0.15) is 0 Å². The minimum absolute atomic E-state index is 0. The van der Waals surface area contributed by atoms with E-state index in [9.17, 15) is 0 Å². The fraction of sp³-hybridized carbons (Fsp3) is 0.769. The van der Waals surface area contributed by atoms with E-state index in [1.54, 1.807) is 0 Å². The van der Waals surface area contributed by atoms with Crippen molar-refractivity contribution in [3.05, 3.63) is 12.3 Å². The number of allylic oxidation sites excluding steroid dienone is 1. The fourth-order valence-corrected chi connectivity index (χ4v) is 1.56. The maximum atomic E-state index is 2.26. The van der Waals surface area contributed by atoms with E-state index in [0.717, 1.165) is 0 Å². The van der Waals surface area contributed by atoms with Crippen molar-refractivity contribution in [2.45, 2.75) is 59.3 Å². The van der Waals surface area contributed by atoms with Gasteiger partial charge in [-0.15, -0.1) is 0 Å². The van der Waals surface area contributed by atoms with Gasteiger partial charge in [-0.05, 0) is 19.4 Å². The molecule has 0 aliphatic carbocycles. The lowest BCUT2D eigenvalue weighted by molar-refractivity contribution is -0.453. The monoisotopic (exact) mass is 213 g/mol.